The Hall–Kier alpha value is -6.87. The van der Waals surface area contributed by atoms with E-state index in [2.05, 4.69) is 41.2 Å². The number of hydrogen-bond donors (Lipinski definition) is 6. The summed E-state index contributed by atoms with van der Waals surface area (Å²) in [5.41, 5.74) is 4.28. The van der Waals surface area contributed by atoms with Gasteiger partial charge in [0.2, 0.25) is 17.7 Å². The van der Waals surface area contributed by atoms with Crippen molar-refractivity contribution in [2.75, 3.05) is 63.4 Å². The van der Waals surface area contributed by atoms with Crippen LogP contribution in [0.2, 0.25) is 0 Å². The molecule has 6 heterocycles. The van der Waals surface area contributed by atoms with Crippen LogP contribution in [0.1, 0.15) is 101 Å². The summed E-state index contributed by atoms with van der Waals surface area (Å²) in [6, 6.07) is 21.5. The second-order valence-electron chi connectivity index (χ2n) is 17.9. The third-order valence-corrected chi connectivity index (χ3v) is 14.0. The SMILES string of the molecule is O=C1CCC(N2Cc3c(NC(=O)COCCCOCCCCCOc4ccc5c(c4)[C@@H](SNC(=O)c4cccc(NC6(c7nc(-c8ccncc8)n[nH]7)CCNCC6)c4)CCO5)cccc3C2=O)C(=O)N1. The molecule has 0 saturated carbocycles. The van der Waals surface area contributed by atoms with Crippen LogP contribution in [0.15, 0.2) is 85.2 Å². The molecule has 0 aliphatic carbocycles. The van der Waals surface area contributed by atoms with E-state index < -0.39 is 17.5 Å². The summed E-state index contributed by atoms with van der Waals surface area (Å²) in [5.74, 6) is 1.23. The van der Waals surface area contributed by atoms with Gasteiger partial charge in [0, 0.05) is 84.4 Å². The van der Waals surface area contributed by atoms with Crippen molar-refractivity contribution in [1.29, 1.82) is 0 Å². The largest absolute Gasteiger partial charge is 0.494 e. The lowest BCUT2D eigenvalue weighted by molar-refractivity contribution is -0.137. The van der Waals surface area contributed by atoms with Gasteiger partial charge in [-0.05, 0) is 137 Å². The van der Waals surface area contributed by atoms with E-state index in [1.807, 2.05) is 54.6 Å². The second-order valence-corrected chi connectivity index (χ2v) is 18.9. The number of hydrogen-bond acceptors (Lipinski definition) is 15. The van der Waals surface area contributed by atoms with Crippen LogP contribution in [0.3, 0.4) is 0 Å². The number of H-pyrrole nitrogens is 1. The van der Waals surface area contributed by atoms with Gasteiger partial charge < -0.3 is 39.8 Å². The zero-order chi connectivity index (χ0) is 49.0. The number of piperidine rings is 2. The molecule has 2 saturated heterocycles. The third-order valence-electron chi connectivity index (χ3n) is 13.0. The number of imide groups is 1. The summed E-state index contributed by atoms with van der Waals surface area (Å²) < 4.78 is 26.6. The molecule has 20 heteroatoms. The number of carbonyl (C=O) groups excluding carboxylic acids is 5. The van der Waals surface area contributed by atoms with Crippen molar-refractivity contribution in [2.45, 2.75) is 81.2 Å². The lowest BCUT2D eigenvalue weighted by Crippen LogP contribution is -2.52. The fourth-order valence-electron chi connectivity index (χ4n) is 9.22. The number of aromatic nitrogens is 4. The normalized spacial score (nSPS) is 18.2. The molecule has 2 atom stereocenters. The van der Waals surface area contributed by atoms with E-state index in [1.54, 1.807) is 30.6 Å². The first kappa shape index (κ1) is 49.1. The Morgan fingerprint density at radius 1 is 0.887 bits per heavy atom. The topological polar surface area (TPSA) is 240 Å². The Kier molecular flexibility index (Phi) is 16.2. The minimum atomic E-state index is -0.732. The van der Waals surface area contributed by atoms with Gasteiger partial charge in [-0.2, -0.15) is 5.10 Å². The first-order valence-corrected chi connectivity index (χ1v) is 25.1. The highest BCUT2D eigenvalue weighted by Gasteiger charge is 2.40. The van der Waals surface area contributed by atoms with Gasteiger partial charge in [-0.15, -0.1) is 0 Å². The van der Waals surface area contributed by atoms with Gasteiger partial charge in [-0.3, -0.25) is 44.1 Å². The van der Waals surface area contributed by atoms with Gasteiger partial charge in [0.05, 0.1) is 24.0 Å². The number of aromatic amines is 1. The maximum atomic E-state index is 13.6. The predicted molar refractivity (Wildman–Crippen MR) is 265 cm³/mol. The fraction of sp³-hybridized carbons (Fsp3) is 0.412. The molecule has 1 unspecified atom stereocenters. The van der Waals surface area contributed by atoms with E-state index in [0.29, 0.717) is 67.7 Å². The van der Waals surface area contributed by atoms with Crippen LogP contribution in [0, 0.1) is 0 Å². The van der Waals surface area contributed by atoms with Crippen molar-refractivity contribution in [3.8, 4) is 22.9 Å². The molecule has 0 bridgehead atoms. The fourth-order valence-corrected chi connectivity index (χ4v) is 10.1. The number of anilines is 2. The Balaban J connectivity index is 0.653. The second kappa shape index (κ2) is 23.4. The van der Waals surface area contributed by atoms with Gasteiger partial charge in [-0.1, -0.05) is 12.1 Å². The van der Waals surface area contributed by atoms with Crippen molar-refractivity contribution in [2.24, 2.45) is 0 Å². The predicted octanol–water partition coefficient (Wildman–Crippen LogP) is 5.83. The number of amides is 5. The number of nitrogens with zero attached hydrogens (tertiary/aromatic N) is 4. The first-order valence-electron chi connectivity index (χ1n) is 24.2. The van der Waals surface area contributed by atoms with Crippen LogP contribution in [-0.4, -0.2) is 113 Å². The number of carbonyl (C=O) groups is 5. The molecule has 372 valence electrons. The summed E-state index contributed by atoms with van der Waals surface area (Å²) in [7, 11) is 0. The quantitative estimate of drug-likeness (QED) is 0.0272. The van der Waals surface area contributed by atoms with Crippen LogP contribution in [0.4, 0.5) is 11.4 Å². The van der Waals surface area contributed by atoms with Gasteiger partial charge in [0.1, 0.15) is 24.1 Å². The average molecular weight is 987 g/mol. The molecule has 2 aromatic heterocycles. The van der Waals surface area contributed by atoms with Gasteiger partial charge in [0.25, 0.3) is 11.8 Å². The molecule has 6 N–H and O–H groups in total. The van der Waals surface area contributed by atoms with Crippen LogP contribution in [0.25, 0.3) is 11.4 Å². The summed E-state index contributed by atoms with van der Waals surface area (Å²) >= 11 is 1.39. The highest BCUT2D eigenvalue weighted by atomic mass is 32.2. The molecule has 71 heavy (non-hydrogen) atoms. The van der Waals surface area contributed by atoms with E-state index in [0.717, 1.165) is 85.8 Å². The molecule has 4 aliphatic rings. The van der Waals surface area contributed by atoms with E-state index >= 15 is 0 Å². The van der Waals surface area contributed by atoms with Crippen LogP contribution in [0.5, 0.6) is 11.5 Å². The van der Waals surface area contributed by atoms with Crippen molar-refractivity contribution in [1.82, 2.24) is 40.4 Å². The number of benzene rings is 3. The van der Waals surface area contributed by atoms with Crippen molar-refractivity contribution >= 4 is 52.9 Å². The van der Waals surface area contributed by atoms with Crippen LogP contribution in [-0.2, 0) is 35.9 Å². The molecule has 0 radical (unpaired) electrons. The molecular weight excluding hydrogens is 929 g/mol. The monoisotopic (exact) mass is 986 g/mol. The number of fused-ring (bicyclic) bond motifs is 2. The number of ether oxygens (including phenoxy) is 4. The maximum absolute atomic E-state index is 13.6. The average Bonchev–Trinajstić information content (AvgIpc) is 4.03. The lowest BCUT2D eigenvalue weighted by atomic mass is 9.87. The standard InChI is InChI=1S/C51H58N10O9S/c62-44-14-12-41(48(65)55-44)61-31-39-37(49(61)66)9-5-10-40(39)54-45(63)32-68-26-6-25-67-24-2-1-3-27-69-36-11-13-42-38(30-36)43(17-28-70-42)71-60-47(64)34-7-4-8-35(29-34)57-51(18-22-53-23-19-51)50-56-46(58-59-50)33-15-20-52-21-16-33/h4-5,7-11,13,15-16,20-21,29-30,41,43,53,57H,1-3,6,12,14,17-19,22-28,31-32H2,(H,54,63)(H,60,64)(H,55,62,65)(H,56,58,59)/t41?,43-/m0/s1. The molecule has 0 spiro atoms. The highest BCUT2D eigenvalue weighted by molar-refractivity contribution is 7.98. The molecule has 19 nitrogen and oxygen atoms in total. The molecule has 5 aromatic rings. The number of rotatable bonds is 22. The van der Waals surface area contributed by atoms with E-state index in [1.165, 1.54) is 16.8 Å². The molecule has 5 amide bonds. The van der Waals surface area contributed by atoms with Crippen LogP contribution >= 0.6 is 11.9 Å². The Morgan fingerprint density at radius 3 is 2.56 bits per heavy atom. The zero-order valence-corrected chi connectivity index (χ0v) is 40.2. The number of pyridine rings is 1. The smallest absolute Gasteiger partial charge is 0.261 e. The Labute approximate surface area is 415 Å². The lowest BCUT2D eigenvalue weighted by Gasteiger charge is -2.37. The highest BCUT2D eigenvalue weighted by Crippen LogP contribution is 2.42. The Morgan fingerprint density at radius 2 is 1.70 bits per heavy atom. The van der Waals surface area contributed by atoms with Gasteiger partial charge >= 0.3 is 0 Å². The van der Waals surface area contributed by atoms with Gasteiger partial charge in [-0.25, -0.2) is 4.98 Å². The molecule has 2 fully saturated rings. The summed E-state index contributed by atoms with van der Waals surface area (Å²) in [6.07, 6.45) is 9.46. The Bertz CT molecular complexity index is 2700. The third kappa shape index (κ3) is 12.2. The summed E-state index contributed by atoms with van der Waals surface area (Å²) in [5, 5.41) is 20.0. The molecule has 9 rings (SSSR count). The van der Waals surface area contributed by atoms with Gasteiger partial charge in [0.15, 0.2) is 11.6 Å². The first-order chi connectivity index (χ1) is 34.7. The molecular formula is C51H58N10O9S. The maximum Gasteiger partial charge on any atom is 0.261 e. The minimum Gasteiger partial charge on any atom is -0.494 e. The summed E-state index contributed by atoms with van der Waals surface area (Å²) in [4.78, 5) is 73.8. The molecule has 4 aliphatic heterocycles. The van der Waals surface area contributed by atoms with Crippen molar-refractivity contribution in [3.05, 3.63) is 113 Å². The molecule has 3 aromatic carbocycles. The van der Waals surface area contributed by atoms with Crippen molar-refractivity contribution in [3.63, 3.8) is 0 Å². The van der Waals surface area contributed by atoms with E-state index in [4.69, 9.17) is 23.9 Å². The number of unbranched alkanes of at least 4 members (excludes halogenated alkanes) is 2. The van der Waals surface area contributed by atoms with Crippen molar-refractivity contribution < 1.29 is 42.9 Å². The van der Waals surface area contributed by atoms with Crippen LogP contribution < -0.4 is 35.5 Å². The zero-order valence-electron chi connectivity index (χ0n) is 39.3. The van der Waals surface area contributed by atoms with E-state index in [-0.39, 0.29) is 54.9 Å². The summed E-state index contributed by atoms with van der Waals surface area (Å²) in [6.45, 7) is 4.17. The minimum absolute atomic E-state index is 0.0175. The van der Waals surface area contributed by atoms with E-state index in [9.17, 15) is 24.0 Å². The number of nitrogens with one attached hydrogen (secondary N) is 6.